The Labute approximate surface area is 119 Å². The van der Waals surface area contributed by atoms with E-state index in [1.807, 2.05) is 0 Å². The fraction of sp³-hybridized carbons (Fsp3) is 0.455. The summed E-state index contributed by atoms with van der Waals surface area (Å²) in [4.78, 5) is 2.17. The minimum absolute atomic E-state index is 0. The van der Waals surface area contributed by atoms with Crippen LogP contribution in [0.5, 0.6) is 0 Å². The molecule has 0 saturated heterocycles. The van der Waals surface area contributed by atoms with Gasteiger partial charge in [0, 0.05) is 17.1 Å². The first-order valence-corrected chi connectivity index (χ1v) is 5.53. The maximum absolute atomic E-state index is 5.70. The van der Waals surface area contributed by atoms with E-state index in [0.29, 0.717) is 12.6 Å². The molecule has 0 bridgehead atoms. The van der Waals surface area contributed by atoms with Crippen molar-refractivity contribution in [2.24, 2.45) is 5.73 Å². The molecule has 94 valence electrons. The summed E-state index contributed by atoms with van der Waals surface area (Å²) >= 11 is 3.42. The van der Waals surface area contributed by atoms with Crippen molar-refractivity contribution < 1.29 is 0 Å². The summed E-state index contributed by atoms with van der Waals surface area (Å²) in [5.41, 5.74) is 7.03. The summed E-state index contributed by atoms with van der Waals surface area (Å²) in [6.07, 6.45) is 1.01. The van der Waals surface area contributed by atoms with Gasteiger partial charge < -0.3 is 10.6 Å². The monoisotopic (exact) mass is 328 g/mol. The fourth-order valence-corrected chi connectivity index (χ4v) is 1.63. The molecule has 1 unspecified atom stereocenters. The Hall–Kier alpha value is 0.200. The Morgan fingerprint density at radius 2 is 1.69 bits per heavy atom. The number of rotatable bonds is 4. The van der Waals surface area contributed by atoms with Crippen LogP contribution in [-0.4, -0.2) is 31.6 Å². The normalized spacial score (nSPS) is 11.6. The first-order valence-electron chi connectivity index (χ1n) is 4.74. The lowest BCUT2D eigenvalue weighted by Crippen LogP contribution is -2.36. The van der Waals surface area contributed by atoms with Gasteiger partial charge in [0.05, 0.1) is 0 Å². The molecule has 1 aromatic rings. The molecule has 0 spiro atoms. The standard InChI is InChI=1S/C11H17BrN2.2ClH/c1-14(2)11(8-13)7-9-3-5-10(12)6-4-9;;/h3-6,11H,7-8,13H2,1-2H3;2*1H. The van der Waals surface area contributed by atoms with Gasteiger partial charge in [0.2, 0.25) is 0 Å². The molecule has 0 heterocycles. The van der Waals surface area contributed by atoms with Gasteiger partial charge in [0.25, 0.3) is 0 Å². The van der Waals surface area contributed by atoms with Crippen LogP contribution in [0.4, 0.5) is 0 Å². The van der Waals surface area contributed by atoms with E-state index in [0.717, 1.165) is 10.9 Å². The van der Waals surface area contributed by atoms with Crippen molar-refractivity contribution in [2.75, 3.05) is 20.6 Å². The number of halogens is 3. The second-order valence-electron chi connectivity index (χ2n) is 3.68. The number of likely N-dealkylation sites (N-methyl/N-ethyl adjacent to an activating group) is 1. The van der Waals surface area contributed by atoms with Gasteiger partial charge in [-0.3, -0.25) is 0 Å². The number of hydrogen-bond acceptors (Lipinski definition) is 2. The van der Waals surface area contributed by atoms with Crippen molar-refractivity contribution in [3.8, 4) is 0 Å². The molecule has 16 heavy (non-hydrogen) atoms. The van der Waals surface area contributed by atoms with Gasteiger partial charge in [-0.2, -0.15) is 0 Å². The highest BCUT2D eigenvalue weighted by Crippen LogP contribution is 2.12. The Bertz CT molecular complexity index is 278. The Kier molecular flexibility index (Phi) is 10.7. The summed E-state index contributed by atoms with van der Waals surface area (Å²) in [7, 11) is 4.13. The largest absolute Gasteiger partial charge is 0.329 e. The molecular formula is C11H19BrCl2N2. The molecule has 0 aromatic heterocycles. The van der Waals surface area contributed by atoms with Crippen LogP contribution in [0.25, 0.3) is 0 Å². The summed E-state index contributed by atoms with van der Waals surface area (Å²) in [5, 5.41) is 0. The number of nitrogens with two attached hydrogens (primary N) is 1. The zero-order valence-corrected chi connectivity index (χ0v) is 12.7. The van der Waals surface area contributed by atoms with Crippen LogP contribution in [0, 0.1) is 0 Å². The van der Waals surface area contributed by atoms with Crippen molar-refractivity contribution in [1.82, 2.24) is 4.90 Å². The van der Waals surface area contributed by atoms with E-state index in [2.05, 4.69) is 59.2 Å². The zero-order valence-electron chi connectivity index (χ0n) is 9.52. The van der Waals surface area contributed by atoms with Crippen molar-refractivity contribution in [3.63, 3.8) is 0 Å². The molecule has 0 saturated carbocycles. The fourth-order valence-electron chi connectivity index (χ4n) is 1.37. The summed E-state index contributed by atoms with van der Waals surface area (Å²) in [6.45, 7) is 0.697. The maximum atomic E-state index is 5.70. The smallest absolute Gasteiger partial charge is 0.0252 e. The van der Waals surface area contributed by atoms with Gasteiger partial charge in [0.1, 0.15) is 0 Å². The lowest BCUT2D eigenvalue weighted by Gasteiger charge is -2.22. The van der Waals surface area contributed by atoms with Gasteiger partial charge in [-0.1, -0.05) is 28.1 Å². The van der Waals surface area contributed by atoms with E-state index in [-0.39, 0.29) is 24.8 Å². The van der Waals surface area contributed by atoms with E-state index < -0.39 is 0 Å². The number of hydrogen-bond donors (Lipinski definition) is 1. The van der Waals surface area contributed by atoms with Crippen LogP contribution >= 0.6 is 40.7 Å². The Balaban J connectivity index is 0. The third kappa shape index (κ3) is 6.06. The van der Waals surface area contributed by atoms with Crippen LogP contribution in [-0.2, 0) is 6.42 Å². The second-order valence-corrected chi connectivity index (χ2v) is 4.60. The Morgan fingerprint density at radius 1 is 1.19 bits per heavy atom. The third-order valence-electron chi connectivity index (χ3n) is 2.39. The van der Waals surface area contributed by atoms with E-state index in [9.17, 15) is 0 Å². The highest BCUT2D eigenvalue weighted by Gasteiger charge is 2.09. The second kappa shape index (κ2) is 9.25. The quantitative estimate of drug-likeness (QED) is 0.920. The lowest BCUT2D eigenvalue weighted by molar-refractivity contribution is 0.298. The van der Waals surface area contributed by atoms with E-state index >= 15 is 0 Å². The minimum Gasteiger partial charge on any atom is -0.329 e. The molecule has 0 aliphatic rings. The van der Waals surface area contributed by atoms with Crippen molar-refractivity contribution >= 4 is 40.7 Å². The van der Waals surface area contributed by atoms with E-state index in [1.165, 1.54) is 5.56 Å². The average Bonchev–Trinajstić information content (AvgIpc) is 2.16. The molecule has 1 atom stereocenters. The van der Waals surface area contributed by atoms with Crippen LogP contribution < -0.4 is 5.73 Å². The molecular weight excluding hydrogens is 311 g/mol. The molecule has 0 aliphatic heterocycles. The van der Waals surface area contributed by atoms with E-state index in [4.69, 9.17) is 5.73 Å². The van der Waals surface area contributed by atoms with Crippen LogP contribution in [0.3, 0.4) is 0 Å². The lowest BCUT2D eigenvalue weighted by atomic mass is 10.1. The average molecular weight is 330 g/mol. The molecule has 0 radical (unpaired) electrons. The molecule has 1 rings (SSSR count). The predicted molar refractivity (Wildman–Crippen MR) is 78.9 cm³/mol. The summed E-state index contributed by atoms with van der Waals surface area (Å²) < 4.78 is 1.12. The van der Waals surface area contributed by atoms with Crippen LogP contribution in [0.15, 0.2) is 28.7 Å². The molecule has 2 nitrogen and oxygen atoms in total. The zero-order chi connectivity index (χ0) is 10.6. The predicted octanol–water partition coefficient (Wildman–Crippen LogP) is 2.72. The highest BCUT2D eigenvalue weighted by molar-refractivity contribution is 9.10. The SMILES string of the molecule is CN(C)C(CN)Cc1ccc(Br)cc1.Cl.Cl. The first kappa shape index (κ1) is 18.6. The van der Waals surface area contributed by atoms with Gasteiger partial charge in [-0.05, 0) is 38.2 Å². The topological polar surface area (TPSA) is 29.3 Å². The highest BCUT2D eigenvalue weighted by atomic mass is 79.9. The van der Waals surface area contributed by atoms with Crippen LogP contribution in [0.1, 0.15) is 5.56 Å². The molecule has 0 amide bonds. The van der Waals surface area contributed by atoms with Crippen molar-refractivity contribution in [1.29, 1.82) is 0 Å². The Morgan fingerprint density at radius 3 is 2.06 bits per heavy atom. The van der Waals surface area contributed by atoms with Crippen LogP contribution in [0.2, 0.25) is 0 Å². The van der Waals surface area contributed by atoms with Gasteiger partial charge in [-0.25, -0.2) is 0 Å². The third-order valence-corrected chi connectivity index (χ3v) is 2.92. The molecule has 0 fully saturated rings. The first-order chi connectivity index (χ1) is 6.63. The summed E-state index contributed by atoms with van der Waals surface area (Å²) in [6, 6.07) is 8.83. The minimum atomic E-state index is 0. The molecule has 0 aliphatic carbocycles. The van der Waals surface area contributed by atoms with Gasteiger partial charge in [0.15, 0.2) is 0 Å². The van der Waals surface area contributed by atoms with Crippen molar-refractivity contribution in [3.05, 3.63) is 34.3 Å². The summed E-state index contributed by atoms with van der Waals surface area (Å²) in [5.74, 6) is 0. The van der Waals surface area contributed by atoms with Crippen molar-refractivity contribution in [2.45, 2.75) is 12.5 Å². The number of nitrogens with zero attached hydrogens (tertiary/aromatic N) is 1. The van der Waals surface area contributed by atoms with Gasteiger partial charge >= 0.3 is 0 Å². The molecule has 1 aromatic carbocycles. The van der Waals surface area contributed by atoms with Gasteiger partial charge in [-0.15, -0.1) is 24.8 Å². The molecule has 5 heteroatoms. The van der Waals surface area contributed by atoms with E-state index in [1.54, 1.807) is 0 Å². The molecule has 2 N–H and O–H groups in total. The maximum Gasteiger partial charge on any atom is 0.0252 e. The number of benzene rings is 1.